The van der Waals surface area contributed by atoms with E-state index in [0.717, 1.165) is 10.2 Å². The van der Waals surface area contributed by atoms with Crippen LogP contribution in [0.15, 0.2) is 72.8 Å². The lowest BCUT2D eigenvalue weighted by Crippen LogP contribution is -2.16. The molecule has 0 bridgehead atoms. The summed E-state index contributed by atoms with van der Waals surface area (Å²) in [4.78, 5) is 30.0. The number of para-hydroxylation sites is 1. The molecule has 4 aromatic rings. The fraction of sp³-hybridized carbons (Fsp3) is 0. The molecule has 1 amide bonds. The molecule has 0 fully saturated rings. The van der Waals surface area contributed by atoms with E-state index in [1.165, 1.54) is 11.3 Å². The lowest BCUT2D eigenvalue weighted by Gasteiger charge is -2.08. The molecular weight excluding hydrogens is 380 g/mol. The van der Waals surface area contributed by atoms with Crippen LogP contribution in [0.1, 0.15) is 26.3 Å². The number of nitrogens with one attached hydrogen (secondary N) is 1. The zero-order valence-electron chi connectivity index (χ0n) is 14.0. The number of thiazole rings is 1. The molecule has 0 aliphatic carbocycles. The van der Waals surface area contributed by atoms with Gasteiger partial charge in [-0.1, -0.05) is 53.3 Å². The summed E-state index contributed by atoms with van der Waals surface area (Å²) in [6.45, 7) is 0. The van der Waals surface area contributed by atoms with E-state index in [0.29, 0.717) is 26.8 Å². The Bertz CT molecular complexity index is 1120. The van der Waals surface area contributed by atoms with Crippen LogP contribution in [-0.4, -0.2) is 16.7 Å². The molecule has 0 spiro atoms. The number of benzene rings is 3. The Morgan fingerprint density at radius 1 is 0.852 bits per heavy atom. The third-order valence-electron chi connectivity index (χ3n) is 4.04. The van der Waals surface area contributed by atoms with E-state index in [2.05, 4.69) is 10.3 Å². The minimum absolute atomic E-state index is 0.235. The Kier molecular flexibility index (Phi) is 4.71. The summed E-state index contributed by atoms with van der Waals surface area (Å²) < 4.78 is 0.985. The average Bonchev–Trinajstić information content (AvgIpc) is 3.10. The number of ketones is 1. The number of anilines is 1. The maximum Gasteiger partial charge on any atom is 0.258 e. The quantitative estimate of drug-likeness (QED) is 0.471. The molecule has 0 saturated heterocycles. The van der Waals surface area contributed by atoms with Crippen LogP contribution in [0.4, 0.5) is 5.13 Å². The van der Waals surface area contributed by atoms with Crippen LogP contribution in [0.2, 0.25) is 5.02 Å². The predicted molar refractivity (Wildman–Crippen MR) is 109 cm³/mol. The Hall–Kier alpha value is -3.02. The van der Waals surface area contributed by atoms with Crippen molar-refractivity contribution in [2.24, 2.45) is 0 Å². The molecule has 0 aliphatic heterocycles. The topological polar surface area (TPSA) is 59.1 Å². The number of amides is 1. The normalized spacial score (nSPS) is 10.7. The number of nitrogens with zero attached hydrogens (tertiary/aromatic N) is 1. The zero-order chi connectivity index (χ0) is 18.8. The lowest BCUT2D eigenvalue weighted by molar-refractivity contribution is 0.0996. The molecule has 1 aromatic heterocycles. The second kappa shape index (κ2) is 7.31. The van der Waals surface area contributed by atoms with Crippen LogP contribution >= 0.6 is 22.9 Å². The predicted octanol–water partition coefficient (Wildman–Crippen LogP) is 5.43. The maximum absolute atomic E-state index is 12.8. The van der Waals surface area contributed by atoms with Gasteiger partial charge in [0.05, 0.1) is 15.8 Å². The molecule has 0 saturated carbocycles. The van der Waals surface area contributed by atoms with Crippen LogP contribution in [0.3, 0.4) is 0 Å². The average molecular weight is 393 g/mol. The van der Waals surface area contributed by atoms with Gasteiger partial charge < -0.3 is 0 Å². The first kappa shape index (κ1) is 17.4. The molecule has 0 atom stereocenters. The van der Waals surface area contributed by atoms with Crippen molar-refractivity contribution in [1.29, 1.82) is 0 Å². The molecule has 3 aromatic carbocycles. The van der Waals surface area contributed by atoms with E-state index >= 15 is 0 Å². The summed E-state index contributed by atoms with van der Waals surface area (Å²) in [7, 11) is 0. The largest absolute Gasteiger partial charge is 0.298 e. The monoisotopic (exact) mass is 392 g/mol. The molecule has 1 heterocycles. The van der Waals surface area contributed by atoms with Crippen LogP contribution in [0, 0.1) is 0 Å². The second-order valence-electron chi connectivity index (χ2n) is 5.82. The number of fused-ring (bicyclic) bond motifs is 1. The van der Waals surface area contributed by atoms with Crippen molar-refractivity contribution in [2.45, 2.75) is 0 Å². The van der Waals surface area contributed by atoms with Crippen molar-refractivity contribution in [1.82, 2.24) is 4.98 Å². The van der Waals surface area contributed by atoms with Crippen molar-refractivity contribution in [3.8, 4) is 0 Å². The molecule has 6 heteroatoms. The van der Waals surface area contributed by atoms with Gasteiger partial charge in [-0.3, -0.25) is 14.9 Å². The molecule has 4 nitrogen and oxygen atoms in total. The first-order chi connectivity index (χ1) is 13.1. The van der Waals surface area contributed by atoms with Crippen molar-refractivity contribution in [2.75, 3.05) is 5.32 Å². The smallest absolute Gasteiger partial charge is 0.258 e. The highest BCUT2D eigenvalue weighted by Gasteiger charge is 2.19. The van der Waals surface area contributed by atoms with Gasteiger partial charge in [0, 0.05) is 16.1 Å². The van der Waals surface area contributed by atoms with Crippen molar-refractivity contribution >= 4 is 50.0 Å². The number of carbonyl (C=O) groups is 2. The van der Waals surface area contributed by atoms with Gasteiger partial charge in [-0.15, -0.1) is 0 Å². The van der Waals surface area contributed by atoms with E-state index in [4.69, 9.17) is 11.6 Å². The second-order valence-corrected chi connectivity index (χ2v) is 7.29. The van der Waals surface area contributed by atoms with Crippen molar-refractivity contribution in [3.05, 3.63) is 94.5 Å². The Morgan fingerprint density at radius 3 is 2.26 bits per heavy atom. The van der Waals surface area contributed by atoms with Crippen LogP contribution < -0.4 is 5.32 Å². The fourth-order valence-corrected chi connectivity index (χ4v) is 3.71. The van der Waals surface area contributed by atoms with Gasteiger partial charge in [0.1, 0.15) is 0 Å². The number of carbonyl (C=O) groups excluding carboxylic acids is 2. The van der Waals surface area contributed by atoms with Crippen molar-refractivity contribution in [3.63, 3.8) is 0 Å². The Labute approximate surface area is 164 Å². The fourth-order valence-electron chi connectivity index (χ4n) is 2.73. The number of hydrogen-bond acceptors (Lipinski definition) is 4. The van der Waals surface area contributed by atoms with E-state index in [1.54, 1.807) is 48.5 Å². The maximum atomic E-state index is 12.8. The third-order valence-corrected chi connectivity index (χ3v) is 5.24. The third kappa shape index (κ3) is 3.60. The van der Waals surface area contributed by atoms with Gasteiger partial charge >= 0.3 is 0 Å². The summed E-state index contributed by atoms with van der Waals surface area (Å²) in [6, 6.07) is 21.0. The lowest BCUT2D eigenvalue weighted by atomic mass is 9.98. The molecule has 0 unspecified atom stereocenters. The van der Waals surface area contributed by atoms with E-state index in [9.17, 15) is 9.59 Å². The van der Waals surface area contributed by atoms with Gasteiger partial charge in [0.2, 0.25) is 0 Å². The van der Waals surface area contributed by atoms with Gasteiger partial charge in [-0.25, -0.2) is 4.98 Å². The van der Waals surface area contributed by atoms with Crippen LogP contribution in [-0.2, 0) is 0 Å². The van der Waals surface area contributed by atoms with E-state index in [-0.39, 0.29) is 11.7 Å². The van der Waals surface area contributed by atoms with Gasteiger partial charge in [-0.05, 0) is 42.5 Å². The number of halogens is 1. The highest BCUT2D eigenvalue weighted by atomic mass is 35.5. The Morgan fingerprint density at radius 2 is 1.52 bits per heavy atom. The molecule has 0 radical (unpaired) electrons. The van der Waals surface area contributed by atoms with Gasteiger partial charge in [-0.2, -0.15) is 0 Å². The van der Waals surface area contributed by atoms with Crippen molar-refractivity contribution < 1.29 is 9.59 Å². The first-order valence-electron chi connectivity index (χ1n) is 8.18. The standard InChI is InChI=1S/C21H13ClN2O2S/c22-14-11-9-13(10-12-14)19(25)15-5-1-2-6-16(15)20(26)24-21-23-17-7-3-4-8-18(17)27-21/h1-12H,(H,23,24,26). The summed E-state index contributed by atoms with van der Waals surface area (Å²) >= 11 is 7.28. The number of aromatic nitrogens is 1. The van der Waals surface area contributed by atoms with Crippen LogP contribution in [0.25, 0.3) is 10.2 Å². The van der Waals surface area contributed by atoms with E-state index in [1.807, 2.05) is 24.3 Å². The first-order valence-corrected chi connectivity index (χ1v) is 9.37. The summed E-state index contributed by atoms with van der Waals surface area (Å²) in [6.07, 6.45) is 0. The Balaban J connectivity index is 1.64. The highest BCUT2D eigenvalue weighted by Crippen LogP contribution is 2.26. The SMILES string of the molecule is O=C(Nc1nc2ccccc2s1)c1ccccc1C(=O)c1ccc(Cl)cc1. The summed E-state index contributed by atoms with van der Waals surface area (Å²) in [5.74, 6) is -0.603. The van der Waals surface area contributed by atoms with E-state index < -0.39 is 0 Å². The minimum Gasteiger partial charge on any atom is -0.298 e. The van der Waals surface area contributed by atoms with Crippen LogP contribution in [0.5, 0.6) is 0 Å². The number of hydrogen-bond donors (Lipinski definition) is 1. The summed E-state index contributed by atoms with van der Waals surface area (Å²) in [5.41, 5.74) is 1.93. The minimum atomic E-state index is -0.369. The van der Waals surface area contributed by atoms with Gasteiger partial charge in [0.25, 0.3) is 5.91 Å². The molecule has 132 valence electrons. The zero-order valence-corrected chi connectivity index (χ0v) is 15.6. The number of rotatable bonds is 4. The molecule has 4 rings (SSSR count). The molecular formula is C21H13ClN2O2S. The van der Waals surface area contributed by atoms with Gasteiger partial charge in [0.15, 0.2) is 10.9 Å². The molecule has 0 aliphatic rings. The highest BCUT2D eigenvalue weighted by molar-refractivity contribution is 7.22. The molecule has 1 N–H and O–H groups in total. The summed E-state index contributed by atoms with van der Waals surface area (Å²) in [5, 5.41) is 3.84. The molecule has 27 heavy (non-hydrogen) atoms.